The highest BCUT2D eigenvalue weighted by molar-refractivity contribution is 5.83. The summed E-state index contributed by atoms with van der Waals surface area (Å²) in [5.41, 5.74) is 1.56. The topological polar surface area (TPSA) is 81.8 Å². The maximum Gasteiger partial charge on any atom is 0.226 e. The highest BCUT2D eigenvalue weighted by Gasteiger charge is 2.09. The fraction of sp³-hybridized carbons (Fsp3) is 0.643. The zero-order chi connectivity index (χ0) is 15.1. The third kappa shape index (κ3) is 4.56. The SMILES string of the molecule is CCCNc1nc(NCCCCN(C)C)c2[nH]cnc2n1. The van der Waals surface area contributed by atoms with Crippen molar-refractivity contribution in [2.24, 2.45) is 0 Å². The second-order valence-electron chi connectivity index (χ2n) is 5.36. The minimum absolute atomic E-state index is 0.632. The van der Waals surface area contributed by atoms with Crippen molar-refractivity contribution in [1.82, 2.24) is 24.8 Å². The van der Waals surface area contributed by atoms with Crippen LogP contribution in [0.3, 0.4) is 0 Å². The average molecular weight is 291 g/mol. The normalized spacial score (nSPS) is 11.2. The molecule has 2 aromatic heterocycles. The second-order valence-corrected chi connectivity index (χ2v) is 5.36. The molecule has 0 saturated carbocycles. The molecule has 0 radical (unpaired) electrons. The molecule has 7 nitrogen and oxygen atoms in total. The zero-order valence-electron chi connectivity index (χ0n) is 13.1. The Bertz CT molecular complexity index is 549. The summed E-state index contributed by atoms with van der Waals surface area (Å²) < 4.78 is 0. The van der Waals surface area contributed by atoms with Crippen molar-refractivity contribution in [2.45, 2.75) is 26.2 Å². The van der Waals surface area contributed by atoms with E-state index in [4.69, 9.17) is 0 Å². The largest absolute Gasteiger partial charge is 0.368 e. The van der Waals surface area contributed by atoms with E-state index in [1.807, 2.05) is 0 Å². The summed E-state index contributed by atoms with van der Waals surface area (Å²) in [7, 11) is 4.19. The summed E-state index contributed by atoms with van der Waals surface area (Å²) >= 11 is 0. The predicted octanol–water partition coefficient (Wildman–Crippen LogP) is 1.93. The molecule has 3 N–H and O–H groups in total. The molecular formula is C14H25N7. The number of hydrogen-bond donors (Lipinski definition) is 3. The molecule has 116 valence electrons. The molecule has 0 amide bonds. The number of H-pyrrole nitrogens is 1. The summed E-state index contributed by atoms with van der Waals surface area (Å²) in [5.74, 6) is 1.45. The first kappa shape index (κ1) is 15.5. The summed E-state index contributed by atoms with van der Waals surface area (Å²) in [6.07, 6.45) is 4.96. The van der Waals surface area contributed by atoms with Crippen LogP contribution in [0.15, 0.2) is 6.33 Å². The van der Waals surface area contributed by atoms with Gasteiger partial charge in [-0.2, -0.15) is 9.97 Å². The molecule has 2 aromatic rings. The number of anilines is 2. The van der Waals surface area contributed by atoms with Gasteiger partial charge in [-0.3, -0.25) is 0 Å². The van der Waals surface area contributed by atoms with Gasteiger partial charge in [0.1, 0.15) is 5.52 Å². The molecule has 0 aromatic carbocycles. The van der Waals surface area contributed by atoms with Crippen LogP contribution in [-0.4, -0.2) is 58.6 Å². The zero-order valence-corrected chi connectivity index (χ0v) is 13.1. The van der Waals surface area contributed by atoms with Gasteiger partial charge in [-0.15, -0.1) is 0 Å². The van der Waals surface area contributed by atoms with E-state index < -0.39 is 0 Å². The number of hydrogen-bond acceptors (Lipinski definition) is 6. The molecule has 0 bridgehead atoms. The summed E-state index contributed by atoms with van der Waals surface area (Å²) in [4.78, 5) is 18.4. The van der Waals surface area contributed by atoms with Crippen molar-refractivity contribution >= 4 is 22.9 Å². The maximum absolute atomic E-state index is 4.53. The van der Waals surface area contributed by atoms with E-state index in [9.17, 15) is 0 Å². The number of aromatic amines is 1. The number of imidazole rings is 1. The molecule has 0 saturated heterocycles. The van der Waals surface area contributed by atoms with E-state index in [1.165, 1.54) is 0 Å². The standard InChI is InChI=1S/C14H25N7/c1-4-7-16-14-19-12(11-13(20-14)18-10-17-11)15-8-5-6-9-21(2)3/h10H,4-9H2,1-3H3,(H3,15,16,17,18,19,20). The van der Waals surface area contributed by atoms with Gasteiger partial charge < -0.3 is 20.5 Å². The summed E-state index contributed by atoms with van der Waals surface area (Å²) in [6.45, 7) is 4.97. The lowest BCUT2D eigenvalue weighted by atomic mass is 10.3. The second kappa shape index (κ2) is 7.78. The fourth-order valence-electron chi connectivity index (χ4n) is 2.04. The molecule has 0 fully saturated rings. The van der Waals surface area contributed by atoms with Gasteiger partial charge in [0, 0.05) is 13.1 Å². The van der Waals surface area contributed by atoms with Crippen LogP contribution in [-0.2, 0) is 0 Å². The smallest absolute Gasteiger partial charge is 0.226 e. The molecular weight excluding hydrogens is 266 g/mol. The Balaban J connectivity index is 1.98. The number of nitrogens with zero attached hydrogens (tertiary/aromatic N) is 4. The number of rotatable bonds is 9. The first-order chi connectivity index (χ1) is 10.2. The minimum Gasteiger partial charge on any atom is -0.368 e. The van der Waals surface area contributed by atoms with Gasteiger partial charge in [0.2, 0.25) is 5.95 Å². The van der Waals surface area contributed by atoms with Crippen LogP contribution in [0.2, 0.25) is 0 Å². The van der Waals surface area contributed by atoms with Gasteiger partial charge in [0.25, 0.3) is 0 Å². The molecule has 2 rings (SSSR count). The average Bonchev–Trinajstić information content (AvgIpc) is 2.92. The summed E-state index contributed by atoms with van der Waals surface area (Å²) in [5, 5.41) is 6.59. The quantitative estimate of drug-likeness (QED) is 0.612. The van der Waals surface area contributed by atoms with Crippen LogP contribution in [0.4, 0.5) is 11.8 Å². The third-order valence-electron chi connectivity index (χ3n) is 3.14. The number of fused-ring (bicyclic) bond motifs is 1. The lowest BCUT2D eigenvalue weighted by Gasteiger charge is -2.11. The predicted molar refractivity (Wildman–Crippen MR) is 86.7 cm³/mol. The van der Waals surface area contributed by atoms with Gasteiger partial charge in [0.05, 0.1) is 6.33 Å². The van der Waals surface area contributed by atoms with Crippen LogP contribution >= 0.6 is 0 Å². The van der Waals surface area contributed by atoms with E-state index in [2.05, 4.69) is 56.5 Å². The van der Waals surface area contributed by atoms with Crippen LogP contribution in [0.25, 0.3) is 11.2 Å². The van der Waals surface area contributed by atoms with Crippen LogP contribution in [0.1, 0.15) is 26.2 Å². The molecule has 0 unspecified atom stereocenters. The Morgan fingerprint density at radius 1 is 1.14 bits per heavy atom. The highest BCUT2D eigenvalue weighted by Crippen LogP contribution is 2.18. The molecule has 0 spiro atoms. The molecule has 2 heterocycles. The van der Waals surface area contributed by atoms with Gasteiger partial charge in [0.15, 0.2) is 11.5 Å². The van der Waals surface area contributed by atoms with Crippen molar-refractivity contribution in [2.75, 3.05) is 44.4 Å². The van der Waals surface area contributed by atoms with Crippen LogP contribution in [0.5, 0.6) is 0 Å². The maximum atomic E-state index is 4.53. The molecule has 21 heavy (non-hydrogen) atoms. The van der Waals surface area contributed by atoms with Gasteiger partial charge in [-0.25, -0.2) is 4.98 Å². The third-order valence-corrected chi connectivity index (χ3v) is 3.14. The molecule has 0 aliphatic carbocycles. The van der Waals surface area contributed by atoms with E-state index >= 15 is 0 Å². The minimum atomic E-state index is 0.632. The van der Waals surface area contributed by atoms with Crippen LogP contribution in [0, 0.1) is 0 Å². The molecule has 0 aliphatic rings. The number of nitrogens with one attached hydrogen (secondary N) is 3. The van der Waals surface area contributed by atoms with Gasteiger partial charge in [-0.05, 0) is 39.9 Å². The van der Waals surface area contributed by atoms with Gasteiger partial charge >= 0.3 is 0 Å². The van der Waals surface area contributed by atoms with E-state index in [1.54, 1.807) is 6.33 Å². The van der Waals surface area contributed by atoms with E-state index in [0.717, 1.165) is 50.2 Å². The number of unbranched alkanes of at least 4 members (excludes halogenated alkanes) is 1. The van der Waals surface area contributed by atoms with Gasteiger partial charge in [-0.1, -0.05) is 6.92 Å². The Morgan fingerprint density at radius 2 is 2.00 bits per heavy atom. The van der Waals surface area contributed by atoms with Crippen LogP contribution < -0.4 is 10.6 Å². The first-order valence-electron chi connectivity index (χ1n) is 7.54. The molecule has 0 atom stereocenters. The fourth-order valence-corrected chi connectivity index (χ4v) is 2.04. The van der Waals surface area contributed by atoms with Crippen molar-refractivity contribution in [3.8, 4) is 0 Å². The Hall–Kier alpha value is -1.89. The van der Waals surface area contributed by atoms with Crippen molar-refractivity contribution in [1.29, 1.82) is 0 Å². The summed E-state index contributed by atoms with van der Waals surface area (Å²) in [6, 6.07) is 0. The lowest BCUT2D eigenvalue weighted by Crippen LogP contribution is -2.14. The Labute approximate surface area is 125 Å². The highest BCUT2D eigenvalue weighted by atomic mass is 15.2. The Morgan fingerprint density at radius 3 is 2.76 bits per heavy atom. The molecule has 7 heteroatoms. The Kier molecular flexibility index (Phi) is 5.74. The lowest BCUT2D eigenvalue weighted by molar-refractivity contribution is 0.396. The van der Waals surface area contributed by atoms with E-state index in [0.29, 0.717) is 11.6 Å². The molecule has 0 aliphatic heterocycles. The van der Waals surface area contributed by atoms with Crippen molar-refractivity contribution < 1.29 is 0 Å². The number of aromatic nitrogens is 4. The van der Waals surface area contributed by atoms with Crippen molar-refractivity contribution in [3.63, 3.8) is 0 Å². The van der Waals surface area contributed by atoms with E-state index in [-0.39, 0.29) is 0 Å². The monoisotopic (exact) mass is 291 g/mol. The van der Waals surface area contributed by atoms with Crippen molar-refractivity contribution in [3.05, 3.63) is 6.33 Å². The first-order valence-corrected chi connectivity index (χ1v) is 7.54.